The van der Waals surface area contributed by atoms with Gasteiger partial charge in [-0.15, -0.1) is 11.3 Å². The van der Waals surface area contributed by atoms with Gasteiger partial charge in [0.25, 0.3) is 5.91 Å². The lowest BCUT2D eigenvalue weighted by molar-refractivity contribution is 0.102. The largest absolute Gasteiger partial charge is 0.321 e. The van der Waals surface area contributed by atoms with Crippen molar-refractivity contribution in [2.24, 2.45) is 0 Å². The minimum Gasteiger partial charge on any atom is -0.321 e. The second-order valence-electron chi connectivity index (χ2n) is 4.22. The molecule has 1 N–H and O–H groups in total. The van der Waals surface area contributed by atoms with Gasteiger partial charge in [-0.05, 0) is 53.2 Å². The first kappa shape index (κ1) is 13.2. The molecular weight excluding hydrogens is 338 g/mol. The van der Waals surface area contributed by atoms with Gasteiger partial charge in [-0.25, -0.2) is 9.97 Å². The Morgan fingerprint density at radius 1 is 1.25 bits per heavy atom. The molecule has 3 aromatic rings. The fourth-order valence-corrected chi connectivity index (χ4v) is 3.06. The second-order valence-corrected chi connectivity index (χ2v) is 6.26. The lowest BCUT2D eigenvalue weighted by Gasteiger charge is -2.04. The number of amides is 1. The van der Waals surface area contributed by atoms with E-state index in [0.29, 0.717) is 10.3 Å². The highest BCUT2D eigenvalue weighted by molar-refractivity contribution is 9.10. The van der Waals surface area contributed by atoms with Crippen LogP contribution in [0, 0.1) is 6.92 Å². The number of pyridine rings is 1. The highest BCUT2D eigenvalue weighted by Crippen LogP contribution is 2.25. The van der Waals surface area contributed by atoms with Crippen LogP contribution in [0.4, 0.5) is 5.69 Å². The molecule has 0 atom stereocenters. The summed E-state index contributed by atoms with van der Waals surface area (Å²) in [5.74, 6) is -0.230. The number of fused-ring (bicyclic) bond motifs is 1. The highest BCUT2D eigenvalue weighted by Gasteiger charge is 2.09. The van der Waals surface area contributed by atoms with Crippen molar-refractivity contribution in [2.75, 3.05) is 5.32 Å². The minimum atomic E-state index is -0.230. The molecule has 0 fully saturated rings. The van der Waals surface area contributed by atoms with Crippen LogP contribution in [0.1, 0.15) is 15.5 Å². The van der Waals surface area contributed by atoms with Crippen molar-refractivity contribution in [2.45, 2.75) is 6.92 Å². The smallest absolute Gasteiger partial charge is 0.274 e. The maximum atomic E-state index is 12.1. The fraction of sp³-hybridized carbons (Fsp3) is 0.0714. The summed E-state index contributed by atoms with van der Waals surface area (Å²) in [7, 11) is 0. The van der Waals surface area contributed by atoms with Crippen LogP contribution >= 0.6 is 27.3 Å². The average molecular weight is 348 g/mol. The molecule has 0 spiro atoms. The number of hydrogen-bond donors (Lipinski definition) is 1. The molecule has 3 rings (SSSR count). The maximum absolute atomic E-state index is 12.1. The van der Waals surface area contributed by atoms with E-state index in [1.54, 1.807) is 29.5 Å². The predicted molar refractivity (Wildman–Crippen MR) is 84.2 cm³/mol. The quantitative estimate of drug-likeness (QED) is 0.712. The number of halogens is 1. The van der Waals surface area contributed by atoms with Gasteiger partial charge in [0.05, 0.1) is 15.2 Å². The van der Waals surface area contributed by atoms with Crippen LogP contribution in [0.15, 0.2) is 41.0 Å². The van der Waals surface area contributed by atoms with E-state index >= 15 is 0 Å². The molecule has 0 saturated heterocycles. The molecule has 1 aromatic carbocycles. The van der Waals surface area contributed by atoms with Crippen molar-refractivity contribution in [3.63, 3.8) is 0 Å². The Morgan fingerprint density at radius 3 is 2.90 bits per heavy atom. The zero-order valence-corrected chi connectivity index (χ0v) is 13.0. The van der Waals surface area contributed by atoms with Gasteiger partial charge >= 0.3 is 0 Å². The molecule has 4 nitrogen and oxygen atoms in total. The first-order valence-corrected chi connectivity index (χ1v) is 7.54. The SMILES string of the molecule is Cc1nc2ccc(NC(=O)c3cccc(Br)n3)cc2s1. The number of carbonyl (C=O) groups is 1. The molecule has 0 unspecified atom stereocenters. The molecular formula is C14H10BrN3OS. The Morgan fingerprint density at radius 2 is 2.10 bits per heavy atom. The molecule has 6 heteroatoms. The summed E-state index contributed by atoms with van der Waals surface area (Å²) in [4.78, 5) is 20.6. The summed E-state index contributed by atoms with van der Waals surface area (Å²) in [6.45, 7) is 1.97. The molecule has 0 radical (unpaired) electrons. The number of carbonyl (C=O) groups excluding carboxylic acids is 1. The van der Waals surface area contributed by atoms with Crippen LogP contribution in [0.2, 0.25) is 0 Å². The topological polar surface area (TPSA) is 54.9 Å². The number of nitrogens with zero attached hydrogens (tertiary/aromatic N) is 2. The van der Waals surface area contributed by atoms with Gasteiger partial charge in [-0.2, -0.15) is 0 Å². The van der Waals surface area contributed by atoms with Crippen molar-refractivity contribution in [3.8, 4) is 0 Å². The Labute approximate surface area is 128 Å². The summed E-state index contributed by atoms with van der Waals surface area (Å²) >= 11 is 4.86. The van der Waals surface area contributed by atoms with Crippen molar-refractivity contribution in [1.29, 1.82) is 0 Å². The molecule has 100 valence electrons. The normalized spacial score (nSPS) is 10.7. The molecule has 2 heterocycles. The third kappa shape index (κ3) is 2.71. The number of aryl methyl sites for hydroxylation is 1. The van der Waals surface area contributed by atoms with Gasteiger partial charge in [0.2, 0.25) is 0 Å². The van der Waals surface area contributed by atoms with E-state index in [1.807, 2.05) is 25.1 Å². The minimum absolute atomic E-state index is 0.230. The fourth-order valence-electron chi connectivity index (χ4n) is 1.85. The average Bonchev–Trinajstić information content (AvgIpc) is 2.78. The summed E-state index contributed by atoms with van der Waals surface area (Å²) in [5, 5.41) is 3.85. The second kappa shape index (κ2) is 5.30. The van der Waals surface area contributed by atoms with E-state index < -0.39 is 0 Å². The van der Waals surface area contributed by atoms with Crippen LogP contribution in [0.5, 0.6) is 0 Å². The number of nitrogens with one attached hydrogen (secondary N) is 1. The number of anilines is 1. The number of aromatic nitrogens is 2. The standard InChI is InChI=1S/C14H10BrN3OS/c1-8-16-10-6-5-9(7-12(10)20-8)17-14(19)11-3-2-4-13(15)18-11/h2-7H,1H3,(H,17,19). The lowest BCUT2D eigenvalue weighted by Crippen LogP contribution is -2.13. The van der Waals surface area contributed by atoms with Crippen molar-refractivity contribution >= 4 is 49.1 Å². The first-order chi connectivity index (χ1) is 9.61. The number of rotatable bonds is 2. The van der Waals surface area contributed by atoms with Crippen LogP contribution in [0.3, 0.4) is 0 Å². The maximum Gasteiger partial charge on any atom is 0.274 e. The van der Waals surface area contributed by atoms with Crippen LogP contribution in [-0.4, -0.2) is 15.9 Å². The Hall–Kier alpha value is -1.79. The van der Waals surface area contributed by atoms with Crippen LogP contribution in [-0.2, 0) is 0 Å². The molecule has 0 bridgehead atoms. The van der Waals surface area contributed by atoms with E-state index in [-0.39, 0.29) is 5.91 Å². The molecule has 0 aliphatic carbocycles. The van der Waals surface area contributed by atoms with E-state index in [9.17, 15) is 4.79 Å². The van der Waals surface area contributed by atoms with Gasteiger partial charge in [-0.1, -0.05) is 6.07 Å². The Balaban J connectivity index is 1.87. The summed E-state index contributed by atoms with van der Waals surface area (Å²) in [6.07, 6.45) is 0. The number of benzene rings is 1. The molecule has 2 aromatic heterocycles. The van der Waals surface area contributed by atoms with E-state index in [2.05, 4.69) is 31.2 Å². The molecule has 20 heavy (non-hydrogen) atoms. The molecule has 0 aliphatic heterocycles. The molecule has 1 amide bonds. The highest BCUT2D eigenvalue weighted by atomic mass is 79.9. The monoisotopic (exact) mass is 347 g/mol. The third-order valence-electron chi connectivity index (χ3n) is 2.70. The van der Waals surface area contributed by atoms with Gasteiger partial charge in [-0.3, -0.25) is 4.79 Å². The van der Waals surface area contributed by atoms with Crippen LogP contribution in [0.25, 0.3) is 10.2 Å². The summed E-state index contributed by atoms with van der Waals surface area (Å²) in [6, 6.07) is 10.9. The van der Waals surface area contributed by atoms with E-state index in [0.717, 1.165) is 20.9 Å². The van der Waals surface area contributed by atoms with Gasteiger partial charge in [0.1, 0.15) is 10.3 Å². The van der Waals surface area contributed by atoms with Crippen molar-refractivity contribution in [1.82, 2.24) is 9.97 Å². The predicted octanol–water partition coefficient (Wildman–Crippen LogP) is 4.01. The van der Waals surface area contributed by atoms with Crippen LogP contribution < -0.4 is 5.32 Å². The van der Waals surface area contributed by atoms with Crippen molar-refractivity contribution in [3.05, 3.63) is 51.7 Å². The first-order valence-electron chi connectivity index (χ1n) is 5.93. The zero-order valence-electron chi connectivity index (χ0n) is 10.6. The van der Waals surface area contributed by atoms with Crippen molar-refractivity contribution < 1.29 is 4.79 Å². The zero-order chi connectivity index (χ0) is 14.1. The summed E-state index contributed by atoms with van der Waals surface area (Å²) in [5.41, 5.74) is 2.07. The molecule has 0 aliphatic rings. The van der Waals surface area contributed by atoms with E-state index in [4.69, 9.17) is 0 Å². The lowest BCUT2D eigenvalue weighted by atomic mass is 10.2. The van der Waals surface area contributed by atoms with Gasteiger partial charge in [0.15, 0.2) is 0 Å². The Bertz CT molecular complexity index is 800. The number of hydrogen-bond acceptors (Lipinski definition) is 4. The number of thiazole rings is 1. The molecule has 0 saturated carbocycles. The van der Waals surface area contributed by atoms with E-state index in [1.165, 1.54) is 0 Å². The summed E-state index contributed by atoms with van der Waals surface area (Å²) < 4.78 is 1.70. The van der Waals surface area contributed by atoms with Gasteiger partial charge in [0, 0.05) is 5.69 Å². The van der Waals surface area contributed by atoms with Gasteiger partial charge < -0.3 is 5.32 Å². The third-order valence-corrected chi connectivity index (χ3v) is 4.08. The Kier molecular flexibility index (Phi) is 3.50.